The Kier molecular flexibility index (Phi) is 3.06. The van der Waals surface area contributed by atoms with E-state index >= 15 is 0 Å². The minimum Gasteiger partial charge on any atom is -0.338 e. The molecule has 2 fully saturated rings. The van der Waals surface area contributed by atoms with Crippen molar-refractivity contribution in [2.75, 3.05) is 6.54 Å². The number of nitrogens with zero attached hydrogens (tertiary/aromatic N) is 1. The van der Waals surface area contributed by atoms with E-state index < -0.39 is 0 Å². The molecule has 2 rings (SSSR count). The van der Waals surface area contributed by atoms with Crippen LogP contribution in [-0.2, 0) is 4.79 Å². The Morgan fingerprint density at radius 2 is 1.71 bits per heavy atom. The first-order chi connectivity index (χ1) is 6.79. The molecule has 2 aliphatic rings. The van der Waals surface area contributed by atoms with Gasteiger partial charge in [-0.05, 0) is 32.1 Å². The van der Waals surface area contributed by atoms with Crippen molar-refractivity contribution in [1.82, 2.24) is 4.90 Å². The third-order valence-electron chi connectivity index (χ3n) is 3.53. The molecule has 0 aromatic rings. The lowest BCUT2D eigenvalue weighted by molar-refractivity contribution is -0.137. The number of amides is 1. The molecule has 0 aromatic heterocycles. The molecular formula is C11H20N2O. The fourth-order valence-corrected chi connectivity index (χ4v) is 2.67. The SMILES string of the molecule is N[C@H]1CCCCC2CCCCN2C1=O. The molecule has 0 radical (unpaired) electrons. The Hall–Kier alpha value is -0.570. The van der Waals surface area contributed by atoms with Crippen LogP contribution in [0.2, 0.25) is 0 Å². The van der Waals surface area contributed by atoms with Crippen molar-refractivity contribution in [1.29, 1.82) is 0 Å². The Morgan fingerprint density at radius 3 is 2.50 bits per heavy atom. The third kappa shape index (κ3) is 1.92. The topological polar surface area (TPSA) is 46.3 Å². The predicted molar refractivity (Wildman–Crippen MR) is 55.8 cm³/mol. The fourth-order valence-electron chi connectivity index (χ4n) is 2.67. The van der Waals surface area contributed by atoms with Crippen LogP contribution in [0, 0.1) is 0 Å². The van der Waals surface area contributed by atoms with E-state index in [1.54, 1.807) is 0 Å². The normalized spacial score (nSPS) is 34.6. The molecule has 0 bridgehead atoms. The predicted octanol–water partition coefficient (Wildman–Crippen LogP) is 1.27. The Balaban J connectivity index is 2.08. The number of piperidine rings is 1. The van der Waals surface area contributed by atoms with Gasteiger partial charge in [-0.3, -0.25) is 4.79 Å². The maximum atomic E-state index is 11.9. The summed E-state index contributed by atoms with van der Waals surface area (Å²) in [6, 6.07) is 0.276. The van der Waals surface area contributed by atoms with Gasteiger partial charge in [0.25, 0.3) is 0 Å². The van der Waals surface area contributed by atoms with Crippen molar-refractivity contribution in [3.8, 4) is 0 Å². The van der Waals surface area contributed by atoms with E-state index in [0.29, 0.717) is 6.04 Å². The Morgan fingerprint density at radius 1 is 1.07 bits per heavy atom. The average molecular weight is 196 g/mol. The zero-order valence-electron chi connectivity index (χ0n) is 8.74. The van der Waals surface area contributed by atoms with Crippen LogP contribution >= 0.6 is 0 Å². The molecule has 0 spiro atoms. The summed E-state index contributed by atoms with van der Waals surface area (Å²) in [6.07, 6.45) is 8.07. The first-order valence-corrected chi connectivity index (χ1v) is 5.85. The minimum atomic E-state index is -0.226. The second-order valence-electron chi connectivity index (χ2n) is 4.57. The molecule has 0 saturated carbocycles. The average Bonchev–Trinajstić information content (AvgIpc) is 2.22. The number of carbonyl (C=O) groups is 1. The quantitative estimate of drug-likeness (QED) is 0.634. The highest BCUT2D eigenvalue weighted by atomic mass is 16.2. The zero-order chi connectivity index (χ0) is 9.97. The summed E-state index contributed by atoms with van der Waals surface area (Å²) in [5.41, 5.74) is 5.86. The monoisotopic (exact) mass is 196 g/mol. The summed E-state index contributed by atoms with van der Waals surface area (Å²) >= 11 is 0. The molecule has 14 heavy (non-hydrogen) atoms. The van der Waals surface area contributed by atoms with Crippen LogP contribution in [-0.4, -0.2) is 29.4 Å². The van der Waals surface area contributed by atoms with Crippen LogP contribution in [0.15, 0.2) is 0 Å². The molecule has 0 aliphatic carbocycles. The van der Waals surface area contributed by atoms with Crippen LogP contribution < -0.4 is 5.73 Å². The van der Waals surface area contributed by atoms with Gasteiger partial charge in [-0.15, -0.1) is 0 Å². The summed E-state index contributed by atoms with van der Waals surface area (Å²) in [6.45, 7) is 0.942. The molecule has 1 unspecified atom stereocenters. The van der Waals surface area contributed by atoms with Crippen molar-refractivity contribution >= 4 is 5.91 Å². The van der Waals surface area contributed by atoms with Crippen molar-refractivity contribution in [2.24, 2.45) is 5.73 Å². The molecule has 1 amide bonds. The van der Waals surface area contributed by atoms with E-state index in [1.165, 1.54) is 25.7 Å². The van der Waals surface area contributed by atoms with Crippen LogP contribution in [0.3, 0.4) is 0 Å². The molecule has 80 valence electrons. The van der Waals surface area contributed by atoms with Crippen LogP contribution in [0.25, 0.3) is 0 Å². The highest BCUT2D eigenvalue weighted by molar-refractivity contribution is 5.82. The number of nitrogens with two attached hydrogens (primary N) is 1. The lowest BCUT2D eigenvalue weighted by Gasteiger charge is -2.38. The van der Waals surface area contributed by atoms with Crippen molar-refractivity contribution < 1.29 is 4.79 Å². The first kappa shape index (κ1) is 9.97. The van der Waals surface area contributed by atoms with Gasteiger partial charge in [0.15, 0.2) is 0 Å². The molecule has 2 atom stereocenters. The van der Waals surface area contributed by atoms with Crippen molar-refractivity contribution in [3.05, 3.63) is 0 Å². The maximum absolute atomic E-state index is 11.9. The number of carbonyl (C=O) groups excluding carboxylic acids is 1. The van der Waals surface area contributed by atoms with E-state index in [2.05, 4.69) is 0 Å². The van der Waals surface area contributed by atoms with Gasteiger partial charge in [0, 0.05) is 12.6 Å². The molecule has 0 aromatic carbocycles. The van der Waals surface area contributed by atoms with Crippen molar-refractivity contribution in [3.63, 3.8) is 0 Å². The van der Waals surface area contributed by atoms with E-state index in [0.717, 1.165) is 25.8 Å². The van der Waals surface area contributed by atoms with E-state index in [9.17, 15) is 4.79 Å². The van der Waals surface area contributed by atoms with Gasteiger partial charge in [0.2, 0.25) is 5.91 Å². The Labute approximate surface area is 85.6 Å². The second kappa shape index (κ2) is 4.30. The molecule has 2 saturated heterocycles. The third-order valence-corrected chi connectivity index (χ3v) is 3.53. The van der Waals surface area contributed by atoms with E-state index in [1.807, 2.05) is 4.90 Å². The number of hydrogen-bond acceptors (Lipinski definition) is 2. The van der Waals surface area contributed by atoms with Gasteiger partial charge in [-0.1, -0.05) is 12.8 Å². The van der Waals surface area contributed by atoms with Gasteiger partial charge in [-0.25, -0.2) is 0 Å². The Bertz CT molecular complexity index is 217. The van der Waals surface area contributed by atoms with E-state index in [-0.39, 0.29) is 11.9 Å². The standard InChI is InChI=1S/C11H20N2O/c12-10-7-2-1-5-9-6-3-4-8-13(9)11(10)14/h9-10H,1-8,12H2/t9?,10-/m0/s1. The van der Waals surface area contributed by atoms with E-state index in [4.69, 9.17) is 5.73 Å². The fraction of sp³-hybridized carbons (Fsp3) is 0.909. The van der Waals surface area contributed by atoms with Gasteiger partial charge in [0.1, 0.15) is 0 Å². The lowest BCUT2D eigenvalue weighted by Crippen LogP contribution is -2.51. The highest BCUT2D eigenvalue weighted by Gasteiger charge is 2.30. The molecule has 2 heterocycles. The van der Waals surface area contributed by atoms with Gasteiger partial charge >= 0.3 is 0 Å². The summed E-state index contributed by atoms with van der Waals surface area (Å²) < 4.78 is 0. The molecule has 2 aliphatic heterocycles. The van der Waals surface area contributed by atoms with Gasteiger partial charge < -0.3 is 10.6 Å². The summed E-state index contributed by atoms with van der Waals surface area (Å²) in [7, 11) is 0. The summed E-state index contributed by atoms with van der Waals surface area (Å²) in [4.78, 5) is 14.0. The molecule has 2 N–H and O–H groups in total. The minimum absolute atomic E-state index is 0.203. The summed E-state index contributed by atoms with van der Waals surface area (Å²) in [5.74, 6) is 0.203. The first-order valence-electron chi connectivity index (χ1n) is 5.85. The van der Waals surface area contributed by atoms with Crippen molar-refractivity contribution in [2.45, 2.75) is 57.0 Å². The van der Waals surface area contributed by atoms with Crippen LogP contribution in [0.4, 0.5) is 0 Å². The lowest BCUT2D eigenvalue weighted by atomic mass is 9.92. The second-order valence-corrected chi connectivity index (χ2v) is 4.57. The highest BCUT2D eigenvalue weighted by Crippen LogP contribution is 2.25. The largest absolute Gasteiger partial charge is 0.338 e. The van der Waals surface area contributed by atoms with Crippen LogP contribution in [0.5, 0.6) is 0 Å². The molecular weight excluding hydrogens is 176 g/mol. The number of rotatable bonds is 0. The number of fused-ring (bicyclic) bond motifs is 1. The van der Waals surface area contributed by atoms with Gasteiger partial charge in [0.05, 0.1) is 6.04 Å². The summed E-state index contributed by atoms with van der Waals surface area (Å²) in [5, 5.41) is 0. The molecule has 3 heteroatoms. The maximum Gasteiger partial charge on any atom is 0.239 e. The van der Waals surface area contributed by atoms with Gasteiger partial charge in [-0.2, -0.15) is 0 Å². The smallest absolute Gasteiger partial charge is 0.239 e. The zero-order valence-corrected chi connectivity index (χ0v) is 8.74. The number of hydrogen-bond donors (Lipinski definition) is 1. The van der Waals surface area contributed by atoms with Crippen LogP contribution in [0.1, 0.15) is 44.9 Å². The molecule has 3 nitrogen and oxygen atoms in total.